The molecule has 1 aromatic carbocycles. The Morgan fingerprint density at radius 3 is 2.50 bits per heavy atom. The monoisotopic (exact) mass is 350 g/mol. The normalized spacial score (nSPS) is 10.5. The van der Waals surface area contributed by atoms with E-state index < -0.39 is 0 Å². The number of carbonyl (C=O) groups excluding carboxylic acids is 2. The highest BCUT2D eigenvalue weighted by Crippen LogP contribution is 2.15. The number of hydrogen-bond acceptors (Lipinski definition) is 6. The fourth-order valence-corrected chi connectivity index (χ4v) is 2.39. The summed E-state index contributed by atoms with van der Waals surface area (Å²) in [6.45, 7) is 1.51. The highest BCUT2D eigenvalue weighted by molar-refractivity contribution is 5.95. The fraction of sp³-hybridized carbons (Fsp3) is 0.211. The summed E-state index contributed by atoms with van der Waals surface area (Å²) in [5.74, 6) is 0.899. The number of aromatic nitrogens is 3. The molecule has 0 radical (unpaired) electrons. The summed E-state index contributed by atoms with van der Waals surface area (Å²) in [6, 6.07) is 10.4. The molecule has 26 heavy (non-hydrogen) atoms. The third kappa shape index (κ3) is 4.60. The number of aryl methyl sites for hydroxylation is 1. The highest BCUT2D eigenvalue weighted by atomic mass is 16.5. The molecule has 1 amide bonds. The molecule has 2 heterocycles. The number of rotatable bonds is 7. The number of ketones is 1. The van der Waals surface area contributed by atoms with Crippen LogP contribution in [-0.2, 0) is 11.2 Å². The van der Waals surface area contributed by atoms with Gasteiger partial charge in [-0.3, -0.25) is 14.6 Å². The number of pyridine rings is 1. The molecule has 3 aromatic rings. The zero-order valence-electron chi connectivity index (χ0n) is 14.3. The zero-order valence-corrected chi connectivity index (χ0v) is 14.3. The first-order valence-corrected chi connectivity index (χ1v) is 8.25. The number of carbonyl (C=O) groups is 2. The number of nitrogens with one attached hydrogen (secondary N) is 1. The van der Waals surface area contributed by atoms with Crippen molar-refractivity contribution in [2.45, 2.75) is 26.2 Å². The van der Waals surface area contributed by atoms with Gasteiger partial charge in [0.2, 0.25) is 17.6 Å². The van der Waals surface area contributed by atoms with Gasteiger partial charge in [0, 0.05) is 42.0 Å². The van der Waals surface area contributed by atoms with Gasteiger partial charge in [-0.05, 0) is 49.7 Å². The van der Waals surface area contributed by atoms with Crippen molar-refractivity contribution in [2.75, 3.05) is 5.32 Å². The summed E-state index contributed by atoms with van der Waals surface area (Å²) in [7, 11) is 0. The minimum atomic E-state index is -0.102. The first kappa shape index (κ1) is 17.5. The number of nitrogens with zero attached hydrogens (tertiary/aromatic N) is 3. The van der Waals surface area contributed by atoms with Gasteiger partial charge in [-0.15, -0.1) is 0 Å². The molecule has 0 aliphatic rings. The quantitative estimate of drug-likeness (QED) is 0.657. The van der Waals surface area contributed by atoms with Crippen LogP contribution in [0.4, 0.5) is 5.69 Å². The van der Waals surface area contributed by atoms with Crippen LogP contribution in [0.1, 0.15) is 36.0 Å². The van der Waals surface area contributed by atoms with Crippen LogP contribution in [0.5, 0.6) is 0 Å². The summed E-state index contributed by atoms with van der Waals surface area (Å²) in [6.07, 6.45) is 4.78. The van der Waals surface area contributed by atoms with E-state index in [1.54, 1.807) is 48.8 Å². The third-order valence-electron chi connectivity index (χ3n) is 3.78. The number of anilines is 1. The first-order chi connectivity index (χ1) is 12.6. The molecule has 0 aliphatic carbocycles. The van der Waals surface area contributed by atoms with Crippen molar-refractivity contribution in [3.05, 3.63) is 60.2 Å². The van der Waals surface area contributed by atoms with E-state index in [9.17, 15) is 9.59 Å². The van der Waals surface area contributed by atoms with Gasteiger partial charge in [0.15, 0.2) is 5.78 Å². The Balaban J connectivity index is 1.46. The van der Waals surface area contributed by atoms with Crippen molar-refractivity contribution < 1.29 is 14.1 Å². The molecule has 0 unspecified atom stereocenters. The van der Waals surface area contributed by atoms with Gasteiger partial charge >= 0.3 is 0 Å². The molecule has 0 saturated heterocycles. The molecular weight excluding hydrogens is 332 g/mol. The lowest BCUT2D eigenvalue weighted by molar-refractivity contribution is -0.116. The maximum absolute atomic E-state index is 12.0. The number of amides is 1. The van der Waals surface area contributed by atoms with Crippen LogP contribution < -0.4 is 5.32 Å². The average Bonchev–Trinajstić information content (AvgIpc) is 3.12. The van der Waals surface area contributed by atoms with Crippen LogP contribution in [0.2, 0.25) is 0 Å². The number of Topliss-reactive ketones (excluding diaryl/α,β-unsaturated/α-hetero) is 1. The molecule has 0 saturated carbocycles. The first-order valence-electron chi connectivity index (χ1n) is 8.25. The molecule has 3 rings (SSSR count). The van der Waals surface area contributed by atoms with Gasteiger partial charge < -0.3 is 9.84 Å². The SMILES string of the molecule is CC(=O)c1ccc(NC(=O)CCCc2nc(-c3ccncc3)no2)cc1. The Morgan fingerprint density at radius 2 is 1.81 bits per heavy atom. The van der Waals surface area contributed by atoms with E-state index in [1.165, 1.54) is 6.92 Å². The molecular formula is C19H18N4O3. The molecule has 7 nitrogen and oxygen atoms in total. The molecule has 132 valence electrons. The number of hydrogen-bond donors (Lipinski definition) is 1. The Hall–Kier alpha value is -3.35. The second-order valence-corrected chi connectivity index (χ2v) is 5.78. The minimum absolute atomic E-state index is 0.00595. The van der Waals surface area contributed by atoms with Crippen molar-refractivity contribution in [1.82, 2.24) is 15.1 Å². The van der Waals surface area contributed by atoms with E-state index >= 15 is 0 Å². The van der Waals surface area contributed by atoms with Gasteiger partial charge in [-0.1, -0.05) is 5.16 Å². The summed E-state index contributed by atoms with van der Waals surface area (Å²) in [5, 5.41) is 6.73. The van der Waals surface area contributed by atoms with Crippen LogP contribution >= 0.6 is 0 Å². The Labute approximate surface area is 150 Å². The molecule has 0 aliphatic heterocycles. The Kier molecular flexibility index (Phi) is 5.48. The van der Waals surface area contributed by atoms with E-state index in [0.717, 1.165) is 5.56 Å². The Bertz CT molecular complexity index is 889. The molecule has 2 aromatic heterocycles. The molecule has 0 spiro atoms. The fourth-order valence-electron chi connectivity index (χ4n) is 2.39. The van der Waals surface area contributed by atoms with Crippen LogP contribution in [0, 0.1) is 0 Å². The van der Waals surface area contributed by atoms with E-state index in [2.05, 4.69) is 20.4 Å². The van der Waals surface area contributed by atoms with E-state index in [4.69, 9.17) is 4.52 Å². The van der Waals surface area contributed by atoms with E-state index in [0.29, 0.717) is 42.2 Å². The highest BCUT2D eigenvalue weighted by Gasteiger charge is 2.10. The standard InChI is InChI=1S/C19H18N4O3/c1-13(24)14-5-7-16(8-6-14)21-17(25)3-2-4-18-22-19(23-26-18)15-9-11-20-12-10-15/h5-12H,2-4H2,1H3,(H,21,25). The van der Waals surface area contributed by atoms with Crippen LogP contribution in [-0.4, -0.2) is 26.8 Å². The van der Waals surface area contributed by atoms with Crippen LogP contribution in [0.3, 0.4) is 0 Å². The summed E-state index contributed by atoms with van der Waals surface area (Å²) < 4.78 is 5.21. The van der Waals surface area contributed by atoms with Crippen LogP contribution in [0.25, 0.3) is 11.4 Å². The maximum atomic E-state index is 12.0. The molecule has 7 heteroatoms. The van der Waals surface area contributed by atoms with Crippen molar-refractivity contribution in [3.63, 3.8) is 0 Å². The maximum Gasteiger partial charge on any atom is 0.226 e. The smallest absolute Gasteiger partial charge is 0.226 e. The molecule has 0 bridgehead atoms. The van der Waals surface area contributed by atoms with Gasteiger partial charge in [-0.2, -0.15) is 4.98 Å². The van der Waals surface area contributed by atoms with Gasteiger partial charge in [-0.25, -0.2) is 0 Å². The van der Waals surface area contributed by atoms with E-state index in [-0.39, 0.29) is 11.7 Å². The summed E-state index contributed by atoms with van der Waals surface area (Å²) >= 11 is 0. The second kappa shape index (κ2) is 8.15. The predicted octanol–water partition coefficient (Wildman–Crippen LogP) is 3.30. The lowest BCUT2D eigenvalue weighted by Gasteiger charge is -2.05. The Morgan fingerprint density at radius 1 is 1.08 bits per heavy atom. The lowest BCUT2D eigenvalue weighted by Crippen LogP contribution is -2.11. The average molecular weight is 350 g/mol. The number of benzene rings is 1. The van der Waals surface area contributed by atoms with Crippen LogP contribution in [0.15, 0.2) is 53.3 Å². The predicted molar refractivity (Wildman–Crippen MR) is 95.5 cm³/mol. The summed E-state index contributed by atoms with van der Waals surface area (Å²) in [4.78, 5) is 31.5. The molecule has 1 N–H and O–H groups in total. The van der Waals surface area contributed by atoms with Crippen molar-refractivity contribution in [2.24, 2.45) is 0 Å². The largest absolute Gasteiger partial charge is 0.339 e. The van der Waals surface area contributed by atoms with Gasteiger partial charge in [0.05, 0.1) is 0 Å². The van der Waals surface area contributed by atoms with Crippen molar-refractivity contribution >= 4 is 17.4 Å². The van der Waals surface area contributed by atoms with Gasteiger partial charge in [0.1, 0.15) is 0 Å². The lowest BCUT2D eigenvalue weighted by atomic mass is 10.1. The molecule has 0 atom stereocenters. The minimum Gasteiger partial charge on any atom is -0.339 e. The zero-order chi connectivity index (χ0) is 18.4. The summed E-state index contributed by atoms with van der Waals surface area (Å²) in [5.41, 5.74) is 2.11. The van der Waals surface area contributed by atoms with Crippen molar-refractivity contribution in [1.29, 1.82) is 0 Å². The topological polar surface area (TPSA) is 98.0 Å². The third-order valence-corrected chi connectivity index (χ3v) is 3.78. The second-order valence-electron chi connectivity index (χ2n) is 5.78. The molecule has 0 fully saturated rings. The van der Waals surface area contributed by atoms with Gasteiger partial charge in [0.25, 0.3) is 0 Å². The van der Waals surface area contributed by atoms with E-state index in [1.807, 2.05) is 0 Å². The van der Waals surface area contributed by atoms with Crippen molar-refractivity contribution in [3.8, 4) is 11.4 Å².